The Morgan fingerprint density at radius 2 is 1.73 bits per heavy atom. The molecular weight excluding hydrogens is 355 g/mol. The number of rotatable bonds is 5. The Labute approximate surface area is 146 Å². The molecule has 0 radical (unpaired) electrons. The second-order valence-corrected chi connectivity index (χ2v) is 4.95. The zero-order chi connectivity index (χ0) is 19.2. The lowest BCUT2D eigenvalue weighted by molar-refractivity contribution is -0.274. The number of hydrogen-bond acceptors (Lipinski definition) is 5. The van der Waals surface area contributed by atoms with Crippen LogP contribution in [0.2, 0.25) is 0 Å². The van der Waals surface area contributed by atoms with Gasteiger partial charge in [-0.2, -0.15) is 0 Å². The van der Waals surface area contributed by atoms with Gasteiger partial charge < -0.3 is 19.5 Å². The molecule has 0 aliphatic heterocycles. The average molecular weight is 369 g/mol. The molecule has 1 N–H and O–H groups in total. The van der Waals surface area contributed by atoms with Gasteiger partial charge in [0.05, 0.1) is 7.11 Å². The third-order valence-corrected chi connectivity index (χ3v) is 3.03. The van der Waals surface area contributed by atoms with Gasteiger partial charge in [0.25, 0.3) is 0 Å². The number of amides is 1. The Morgan fingerprint density at radius 3 is 2.35 bits per heavy atom. The number of carbonyl (C=O) groups excluding carboxylic acids is 2. The van der Waals surface area contributed by atoms with E-state index in [4.69, 9.17) is 4.74 Å². The van der Waals surface area contributed by atoms with E-state index in [1.807, 2.05) is 0 Å². The summed E-state index contributed by atoms with van der Waals surface area (Å²) in [5.74, 6) is -1.89. The van der Waals surface area contributed by atoms with Crippen molar-refractivity contribution < 1.29 is 37.0 Å². The number of ether oxygens (including phenoxy) is 3. The van der Waals surface area contributed by atoms with Gasteiger partial charge in [-0.3, -0.25) is 4.79 Å². The first-order valence-corrected chi connectivity index (χ1v) is 7.23. The maximum Gasteiger partial charge on any atom is 0.573 e. The van der Waals surface area contributed by atoms with E-state index in [1.54, 1.807) is 18.2 Å². The Balaban J connectivity index is 1.94. The van der Waals surface area contributed by atoms with Gasteiger partial charge in [0.2, 0.25) is 0 Å². The fourth-order valence-corrected chi connectivity index (χ4v) is 1.89. The van der Waals surface area contributed by atoms with Crippen LogP contribution in [0.15, 0.2) is 48.5 Å². The quantitative estimate of drug-likeness (QED) is 0.647. The van der Waals surface area contributed by atoms with E-state index in [-0.39, 0.29) is 12.4 Å². The Morgan fingerprint density at radius 1 is 1.04 bits per heavy atom. The van der Waals surface area contributed by atoms with Crippen LogP contribution in [0.1, 0.15) is 5.56 Å². The van der Waals surface area contributed by atoms with E-state index in [0.29, 0.717) is 17.0 Å². The minimum Gasteiger partial charge on any atom is -0.489 e. The molecule has 0 atom stereocenters. The summed E-state index contributed by atoms with van der Waals surface area (Å²) in [5.41, 5.74) is 0.940. The first-order chi connectivity index (χ1) is 12.3. The lowest BCUT2D eigenvalue weighted by atomic mass is 10.2. The monoisotopic (exact) mass is 369 g/mol. The molecule has 2 aromatic rings. The van der Waals surface area contributed by atoms with Crippen LogP contribution in [0, 0.1) is 0 Å². The highest BCUT2D eigenvalue weighted by atomic mass is 19.4. The molecule has 0 heterocycles. The Hall–Kier alpha value is -3.23. The van der Waals surface area contributed by atoms with Crippen LogP contribution in [-0.2, 0) is 20.9 Å². The SMILES string of the molecule is COC(=O)C(=O)Nc1cccc(OCc2ccc(OC(F)(F)F)cc2)c1. The molecule has 0 spiro atoms. The summed E-state index contributed by atoms with van der Waals surface area (Å²) in [6.07, 6.45) is -4.74. The van der Waals surface area contributed by atoms with Gasteiger partial charge in [-0.25, -0.2) is 4.79 Å². The lowest BCUT2D eigenvalue weighted by Crippen LogP contribution is -2.23. The number of esters is 1. The molecule has 0 unspecified atom stereocenters. The molecule has 0 aliphatic carbocycles. The highest BCUT2D eigenvalue weighted by Gasteiger charge is 2.30. The number of hydrogen-bond donors (Lipinski definition) is 1. The van der Waals surface area contributed by atoms with Crippen LogP contribution < -0.4 is 14.8 Å². The smallest absolute Gasteiger partial charge is 0.489 e. The minimum absolute atomic E-state index is 0.0840. The summed E-state index contributed by atoms with van der Waals surface area (Å²) >= 11 is 0. The summed E-state index contributed by atoms with van der Waals surface area (Å²) in [7, 11) is 1.09. The summed E-state index contributed by atoms with van der Waals surface area (Å²) in [6.45, 7) is 0.0840. The van der Waals surface area contributed by atoms with Crippen LogP contribution in [0.4, 0.5) is 18.9 Å². The molecule has 9 heteroatoms. The van der Waals surface area contributed by atoms with E-state index in [0.717, 1.165) is 7.11 Å². The number of methoxy groups -OCH3 is 1. The third kappa shape index (κ3) is 6.00. The minimum atomic E-state index is -4.74. The second kappa shape index (κ2) is 8.24. The zero-order valence-electron chi connectivity index (χ0n) is 13.5. The number of carbonyl (C=O) groups is 2. The molecule has 0 saturated heterocycles. The highest BCUT2D eigenvalue weighted by Crippen LogP contribution is 2.23. The van der Waals surface area contributed by atoms with Crippen molar-refractivity contribution in [2.24, 2.45) is 0 Å². The maximum absolute atomic E-state index is 12.1. The van der Waals surface area contributed by atoms with Gasteiger partial charge in [-0.05, 0) is 29.8 Å². The average Bonchev–Trinajstić information content (AvgIpc) is 2.59. The fraction of sp³-hybridized carbons (Fsp3) is 0.176. The van der Waals surface area contributed by atoms with Gasteiger partial charge in [-0.1, -0.05) is 18.2 Å². The predicted molar refractivity (Wildman–Crippen MR) is 84.5 cm³/mol. The predicted octanol–water partition coefficient (Wildman–Crippen LogP) is 3.28. The molecule has 0 aromatic heterocycles. The van der Waals surface area contributed by atoms with E-state index < -0.39 is 18.2 Å². The number of alkyl halides is 3. The van der Waals surface area contributed by atoms with E-state index >= 15 is 0 Å². The second-order valence-electron chi connectivity index (χ2n) is 4.95. The molecule has 26 heavy (non-hydrogen) atoms. The summed E-state index contributed by atoms with van der Waals surface area (Å²) in [6, 6.07) is 11.5. The van der Waals surface area contributed by atoms with Crippen LogP contribution in [0.5, 0.6) is 11.5 Å². The molecule has 0 bridgehead atoms. The molecule has 138 valence electrons. The molecular formula is C17H14F3NO5. The van der Waals surface area contributed by atoms with Crippen molar-refractivity contribution in [3.8, 4) is 11.5 Å². The molecule has 0 saturated carbocycles. The van der Waals surface area contributed by atoms with Gasteiger partial charge >= 0.3 is 18.2 Å². The standard InChI is InChI=1S/C17H14F3NO5/c1-24-16(23)15(22)21-12-3-2-4-14(9-12)25-10-11-5-7-13(8-6-11)26-17(18,19)20/h2-9H,10H2,1H3,(H,21,22). The molecule has 0 aliphatic rings. The number of benzene rings is 2. The molecule has 2 aromatic carbocycles. The topological polar surface area (TPSA) is 73.9 Å². The van der Waals surface area contributed by atoms with Crippen molar-refractivity contribution in [3.63, 3.8) is 0 Å². The van der Waals surface area contributed by atoms with Crippen molar-refractivity contribution in [3.05, 3.63) is 54.1 Å². The summed E-state index contributed by atoms with van der Waals surface area (Å²) in [4.78, 5) is 22.5. The van der Waals surface area contributed by atoms with Crippen molar-refractivity contribution in [2.75, 3.05) is 12.4 Å². The number of halogens is 3. The van der Waals surface area contributed by atoms with Crippen LogP contribution >= 0.6 is 0 Å². The third-order valence-electron chi connectivity index (χ3n) is 3.03. The van der Waals surface area contributed by atoms with Gasteiger partial charge in [0.15, 0.2) is 0 Å². The number of anilines is 1. The van der Waals surface area contributed by atoms with Crippen molar-refractivity contribution in [2.45, 2.75) is 13.0 Å². The fourth-order valence-electron chi connectivity index (χ4n) is 1.89. The van der Waals surface area contributed by atoms with Crippen molar-refractivity contribution in [1.82, 2.24) is 0 Å². The van der Waals surface area contributed by atoms with Crippen molar-refractivity contribution >= 4 is 17.6 Å². The van der Waals surface area contributed by atoms with Gasteiger partial charge in [0.1, 0.15) is 18.1 Å². The zero-order valence-corrected chi connectivity index (χ0v) is 13.5. The summed E-state index contributed by atoms with van der Waals surface area (Å²) < 4.78 is 49.9. The largest absolute Gasteiger partial charge is 0.573 e. The Kier molecular flexibility index (Phi) is 6.05. The van der Waals surface area contributed by atoms with Gasteiger partial charge in [-0.15, -0.1) is 13.2 Å². The van der Waals surface area contributed by atoms with Crippen LogP contribution in [0.25, 0.3) is 0 Å². The first kappa shape index (κ1) is 19.1. The highest BCUT2D eigenvalue weighted by molar-refractivity contribution is 6.37. The van der Waals surface area contributed by atoms with E-state index in [2.05, 4.69) is 14.8 Å². The summed E-state index contributed by atoms with van der Waals surface area (Å²) in [5, 5.41) is 2.34. The van der Waals surface area contributed by atoms with Gasteiger partial charge in [0, 0.05) is 11.8 Å². The van der Waals surface area contributed by atoms with E-state index in [1.165, 1.54) is 30.3 Å². The normalized spacial score (nSPS) is 10.8. The maximum atomic E-state index is 12.1. The van der Waals surface area contributed by atoms with Crippen molar-refractivity contribution in [1.29, 1.82) is 0 Å². The Bertz CT molecular complexity index is 775. The van der Waals surface area contributed by atoms with Crippen LogP contribution in [-0.4, -0.2) is 25.3 Å². The molecule has 0 fully saturated rings. The first-order valence-electron chi connectivity index (χ1n) is 7.23. The molecule has 1 amide bonds. The lowest BCUT2D eigenvalue weighted by Gasteiger charge is -2.11. The molecule has 2 rings (SSSR count). The van der Waals surface area contributed by atoms with Crippen LogP contribution in [0.3, 0.4) is 0 Å². The van der Waals surface area contributed by atoms with E-state index in [9.17, 15) is 22.8 Å². The molecule has 6 nitrogen and oxygen atoms in total. The number of nitrogens with one attached hydrogen (secondary N) is 1.